The predicted octanol–water partition coefficient (Wildman–Crippen LogP) is 18.9. The fourth-order valence-electron chi connectivity index (χ4n) is 16.6. The number of aromatic nitrogens is 10. The second-order valence-corrected chi connectivity index (χ2v) is 34.1. The van der Waals surface area contributed by atoms with Gasteiger partial charge in [-0.1, -0.05) is 153 Å². The van der Waals surface area contributed by atoms with Crippen molar-refractivity contribution in [1.29, 1.82) is 10.5 Å². The van der Waals surface area contributed by atoms with Crippen LogP contribution in [-0.2, 0) is 19.2 Å². The number of carbonyl (C=O) groups is 4. The Balaban J connectivity index is 0.000000134. The van der Waals surface area contributed by atoms with Gasteiger partial charge in [-0.15, -0.1) is 11.3 Å². The van der Waals surface area contributed by atoms with Gasteiger partial charge in [0.25, 0.3) is 11.8 Å². The number of methoxy groups -OCH3 is 1. The molecule has 0 saturated carbocycles. The number of anilines is 4. The fourth-order valence-corrected chi connectivity index (χ4v) is 18.4. The fraction of sp³-hybridized carbons (Fsp3) is 0.235. The minimum Gasteiger partial charge on any atom is -0.496 e. The lowest BCUT2D eigenvalue weighted by Crippen LogP contribution is -2.55. The van der Waals surface area contributed by atoms with Crippen LogP contribution in [0, 0.1) is 53.0 Å². The number of carbonyl (C=O) groups excluding carboxylic acids is 4. The molecule has 1 unspecified atom stereocenters. The van der Waals surface area contributed by atoms with Gasteiger partial charge in [-0.3, -0.25) is 24.3 Å². The molecule has 1 N–H and O–H groups in total. The van der Waals surface area contributed by atoms with E-state index in [0.29, 0.717) is 186 Å². The first-order chi connectivity index (χ1) is 63.5. The van der Waals surface area contributed by atoms with Gasteiger partial charge in [-0.25, -0.2) is 53.0 Å². The van der Waals surface area contributed by atoms with E-state index in [1.54, 1.807) is 113 Å². The Morgan fingerprint density at radius 2 is 0.985 bits per heavy atom. The third-order valence-electron chi connectivity index (χ3n) is 23.3. The maximum absolute atomic E-state index is 15.6. The summed E-state index contributed by atoms with van der Waals surface area (Å²) in [6.07, 6.45) is 14.5. The molecule has 4 fully saturated rings. The van der Waals surface area contributed by atoms with Gasteiger partial charge in [0.1, 0.15) is 94.8 Å². The maximum atomic E-state index is 15.6. The van der Waals surface area contributed by atoms with E-state index in [0.717, 1.165) is 71.9 Å². The molecule has 0 bridgehead atoms. The van der Waals surface area contributed by atoms with Crippen molar-refractivity contribution in [3.8, 4) is 62.4 Å². The van der Waals surface area contributed by atoms with E-state index >= 15 is 4.39 Å². The van der Waals surface area contributed by atoms with E-state index in [1.165, 1.54) is 54.6 Å². The summed E-state index contributed by atoms with van der Waals surface area (Å²) < 4.78 is 49.9. The molecular formula is C98H87Cl4F3N20O5S. The highest BCUT2D eigenvalue weighted by atomic mass is 35.5. The summed E-state index contributed by atoms with van der Waals surface area (Å²) in [5.74, 6) is 1.90. The second kappa shape index (κ2) is 41.2. The number of piperazine rings is 4. The number of ether oxygens (including phenoxy) is 1. The van der Waals surface area contributed by atoms with Crippen molar-refractivity contribution in [1.82, 2.24) is 69.7 Å². The van der Waals surface area contributed by atoms with Crippen LogP contribution in [0.2, 0.25) is 20.1 Å². The number of rotatable bonds is 16. The van der Waals surface area contributed by atoms with Crippen molar-refractivity contribution in [2.24, 2.45) is 5.92 Å². The molecule has 4 saturated heterocycles. The van der Waals surface area contributed by atoms with E-state index in [-0.39, 0.29) is 63.9 Å². The summed E-state index contributed by atoms with van der Waals surface area (Å²) in [5, 5.41) is 33.5. The Hall–Kier alpha value is -13.9. The normalized spacial score (nSPS) is 14.9. The third-order valence-corrected chi connectivity index (χ3v) is 25.3. The first-order valence-corrected chi connectivity index (χ1v) is 44.6. The van der Waals surface area contributed by atoms with Gasteiger partial charge in [0.05, 0.1) is 40.4 Å². The molecule has 0 spiro atoms. The Labute approximate surface area is 777 Å². The molecule has 14 aromatic rings. The number of allylic oxidation sites excluding steroid dienone is 1. The quantitative estimate of drug-likeness (QED) is 0.0694. The zero-order chi connectivity index (χ0) is 92.3. The van der Waals surface area contributed by atoms with E-state index in [4.69, 9.17) is 51.1 Å². The number of hydrogen-bond acceptors (Lipinski definition) is 21. The molecule has 1 atom stereocenters. The number of thiophene rings is 1. The molecule has 8 aromatic carbocycles. The molecular weight excluding hydrogens is 1770 g/mol. The number of benzene rings is 8. The lowest BCUT2D eigenvalue weighted by Gasteiger charge is -2.41. The summed E-state index contributed by atoms with van der Waals surface area (Å²) in [7, 11) is 1.64. The molecule has 10 heterocycles. The van der Waals surface area contributed by atoms with E-state index in [2.05, 4.69) is 82.8 Å². The first kappa shape index (κ1) is 91.8. The summed E-state index contributed by atoms with van der Waals surface area (Å²) in [5.41, 5.74) is 9.21. The lowest BCUT2D eigenvalue weighted by atomic mass is 9.98. The number of nitrogens with zero attached hydrogens (tertiary/aromatic N) is 19. The topological polar surface area (TPSA) is 283 Å². The standard InChI is InChI=1S/C26H19ClFN5OS.C25H23ClFN5O.C24H24ClFN4O.C23H21ClN6O2/c27-22-13-21-24(14-20(22)19-5-1-2-6-23(19)28)30-16-31-25(21)32-7-9-33(10-8-32)26(34)17(15-29)12-18-4-3-11-35-18;1-16(2)11-17(14-28)25(33)32-9-7-31(8-10-32)24-20-12-21(26)19(13-23(20)29-15-30-24)18-5-3-4-6-22(18)27;1-4-16-13-29(10-11-30(16)20(31)5-2)24-18-12-19(25)21(17-9-7-6-8-15(17)3)22(26)23(18)27-14-28-24;1-3-21(31)29-6-8-30(9-7-29)23-15-10-17(24)14(11-19(15)25-13-26-23)22-16-12-27-28-18(16)4-5-20(22)32-2/h1-6,11-14,16H,7-10H2;3-6,11-13,15-16H,7-10H2,1-2H3;5-9,12,14,16H,2,4,10-11,13H2,1,3H3;3-5,10-13H,1,6-9H2,2H3,(H,27,28)/b17-12+;17-11+;;. The Bertz CT molecular complexity index is 6890. The van der Waals surface area contributed by atoms with Gasteiger partial charge in [0.2, 0.25) is 11.8 Å². The van der Waals surface area contributed by atoms with Gasteiger partial charge < -0.3 is 43.9 Å². The maximum Gasteiger partial charge on any atom is 0.264 e. The number of amides is 4. The minimum atomic E-state index is -0.451. The number of fused-ring (bicyclic) bond motifs is 5. The SMILES string of the molecule is C=CC(=O)N1CCN(c2ncnc3c(F)c(-c4ccccc4C)c(Cl)cc23)CC1CC.C=CC(=O)N1CCN(c2ncnc3cc(-c4c(OC)ccc5[nH]ncc45)c(Cl)cc23)CC1.CC(C)/C=C(\C#N)C(=O)N1CCN(c2ncnc3cc(-c4ccccc4F)c(Cl)cc23)CC1.N#C/C(=C\c1cccs1)C(=O)N1CCN(c2ncnc3cc(-c4ccccc4F)c(Cl)cc23)CC1. The van der Waals surface area contributed by atoms with Crippen LogP contribution in [0.4, 0.5) is 36.4 Å². The zero-order valence-corrected chi connectivity index (χ0v) is 75.9. The van der Waals surface area contributed by atoms with E-state index < -0.39 is 5.82 Å². The molecule has 33 heteroatoms. The van der Waals surface area contributed by atoms with E-state index in [9.17, 15) is 38.5 Å². The number of hydrogen-bond donors (Lipinski definition) is 1. The van der Waals surface area contributed by atoms with Crippen molar-refractivity contribution in [3.63, 3.8) is 0 Å². The Morgan fingerprint density at radius 3 is 1.47 bits per heavy atom. The van der Waals surface area contributed by atoms with Crippen LogP contribution < -0.4 is 24.3 Å². The molecule has 0 radical (unpaired) electrons. The number of aromatic amines is 1. The van der Waals surface area contributed by atoms with Crippen LogP contribution in [0.5, 0.6) is 5.75 Å². The van der Waals surface area contributed by atoms with Crippen LogP contribution in [0.15, 0.2) is 219 Å². The van der Waals surface area contributed by atoms with Crippen LogP contribution >= 0.6 is 57.7 Å². The molecule has 4 amide bonds. The summed E-state index contributed by atoms with van der Waals surface area (Å²) >= 11 is 28.0. The highest BCUT2D eigenvalue weighted by Crippen LogP contribution is 2.45. The molecule has 0 aliphatic carbocycles. The van der Waals surface area contributed by atoms with Gasteiger partial charge in [0, 0.05) is 190 Å². The molecule has 18 rings (SSSR count). The molecule has 4 aliphatic rings. The number of nitriles is 2. The van der Waals surface area contributed by atoms with Crippen LogP contribution in [-0.4, -0.2) is 205 Å². The summed E-state index contributed by atoms with van der Waals surface area (Å²) in [6.45, 7) is 23.4. The lowest BCUT2D eigenvalue weighted by molar-refractivity contribution is -0.129. The van der Waals surface area contributed by atoms with Crippen molar-refractivity contribution in [2.75, 3.05) is 125 Å². The Kier molecular flexibility index (Phi) is 28.9. The Morgan fingerprint density at radius 1 is 0.519 bits per heavy atom. The average Bonchev–Trinajstić information content (AvgIpc) is 1.72. The summed E-state index contributed by atoms with van der Waals surface area (Å²) in [4.78, 5) is 101. The monoisotopic (exact) mass is 1850 g/mol. The van der Waals surface area contributed by atoms with Crippen LogP contribution in [0.1, 0.15) is 37.6 Å². The number of halogens is 7. The van der Waals surface area contributed by atoms with Crippen LogP contribution in [0.25, 0.3) is 105 Å². The summed E-state index contributed by atoms with van der Waals surface area (Å²) in [6, 6.07) is 44.9. The van der Waals surface area contributed by atoms with Gasteiger partial charge in [-0.05, 0) is 127 Å². The van der Waals surface area contributed by atoms with Gasteiger partial charge in [0.15, 0.2) is 5.82 Å². The molecule has 131 heavy (non-hydrogen) atoms. The molecule has 664 valence electrons. The first-order valence-electron chi connectivity index (χ1n) is 42.2. The smallest absolute Gasteiger partial charge is 0.264 e. The van der Waals surface area contributed by atoms with Gasteiger partial charge in [-0.2, -0.15) is 15.6 Å². The number of nitrogens with one attached hydrogen (secondary N) is 1. The minimum absolute atomic E-state index is 0.0239. The largest absolute Gasteiger partial charge is 0.496 e. The van der Waals surface area contributed by atoms with Crippen molar-refractivity contribution < 1.29 is 37.1 Å². The highest BCUT2D eigenvalue weighted by molar-refractivity contribution is 7.10. The van der Waals surface area contributed by atoms with Crippen LogP contribution in [0.3, 0.4) is 0 Å². The highest BCUT2D eigenvalue weighted by Gasteiger charge is 2.34. The number of aryl methyl sites for hydroxylation is 1. The van der Waals surface area contributed by atoms with Crippen molar-refractivity contribution in [2.45, 2.75) is 40.2 Å². The van der Waals surface area contributed by atoms with E-state index in [1.807, 2.05) is 111 Å². The van der Waals surface area contributed by atoms with Crippen molar-refractivity contribution in [3.05, 3.63) is 267 Å². The predicted molar refractivity (Wildman–Crippen MR) is 512 cm³/mol. The zero-order valence-electron chi connectivity index (χ0n) is 72.0. The molecule has 6 aromatic heterocycles. The third kappa shape index (κ3) is 19.8. The molecule has 4 aliphatic heterocycles. The average molecular weight is 1860 g/mol. The molecule has 25 nitrogen and oxygen atoms in total. The van der Waals surface area contributed by atoms with Crippen molar-refractivity contribution >= 4 is 165 Å². The second-order valence-electron chi connectivity index (χ2n) is 31.5. The number of H-pyrrole nitrogens is 1. The van der Waals surface area contributed by atoms with Gasteiger partial charge >= 0.3 is 0 Å².